The van der Waals surface area contributed by atoms with Gasteiger partial charge >= 0.3 is 0 Å². The van der Waals surface area contributed by atoms with Gasteiger partial charge in [-0.05, 0) is 18.4 Å². The number of nitrogens with zero attached hydrogens (tertiary/aromatic N) is 4. The quantitative estimate of drug-likeness (QED) is 0.473. The normalized spacial score (nSPS) is 11.8. The Hall–Kier alpha value is -2.18. The summed E-state index contributed by atoms with van der Waals surface area (Å²) in [4.78, 5) is 12.7. The van der Waals surface area contributed by atoms with Gasteiger partial charge < -0.3 is 11.3 Å². The molecular formula is C12H12N6OS2. The lowest BCUT2D eigenvalue weighted by molar-refractivity contribution is -0.117. The average Bonchev–Trinajstić information content (AvgIpc) is 3.06. The van der Waals surface area contributed by atoms with E-state index >= 15 is 0 Å². The second kappa shape index (κ2) is 6.51. The Kier molecular flexibility index (Phi) is 4.72. The number of nitriles is 1. The number of nitrogen functional groups attached to an aromatic ring is 1. The van der Waals surface area contributed by atoms with Crippen LogP contribution in [0.4, 0.5) is 0 Å². The van der Waals surface area contributed by atoms with Gasteiger partial charge in [0.05, 0.1) is 16.7 Å². The Labute approximate surface area is 129 Å². The third-order valence-electron chi connectivity index (χ3n) is 2.63. The molecule has 108 valence electrons. The number of thioether (sulfide) groups is 1. The SMILES string of the molecule is CC(=N)C(C#N)C(=O)CSc1nnc(-c2cccs2)n1N. The number of hydrogen-bond donors (Lipinski definition) is 2. The Morgan fingerprint density at radius 1 is 1.67 bits per heavy atom. The molecule has 3 N–H and O–H groups in total. The van der Waals surface area contributed by atoms with E-state index in [1.54, 1.807) is 0 Å². The van der Waals surface area contributed by atoms with E-state index < -0.39 is 5.92 Å². The number of carbonyl (C=O) groups is 1. The fourth-order valence-electron chi connectivity index (χ4n) is 1.58. The van der Waals surface area contributed by atoms with Gasteiger partial charge in [0.1, 0.15) is 5.92 Å². The van der Waals surface area contributed by atoms with Crippen molar-refractivity contribution < 1.29 is 4.79 Å². The minimum Gasteiger partial charge on any atom is -0.335 e. The lowest BCUT2D eigenvalue weighted by atomic mass is 10.0. The lowest BCUT2D eigenvalue weighted by Crippen LogP contribution is -2.22. The maximum Gasteiger partial charge on any atom is 0.210 e. The van der Waals surface area contributed by atoms with Gasteiger partial charge in [0.15, 0.2) is 11.6 Å². The molecule has 0 saturated carbocycles. The van der Waals surface area contributed by atoms with Crippen LogP contribution >= 0.6 is 23.1 Å². The first-order valence-electron chi connectivity index (χ1n) is 5.89. The highest BCUT2D eigenvalue weighted by atomic mass is 32.2. The van der Waals surface area contributed by atoms with E-state index in [2.05, 4.69) is 10.2 Å². The topological polar surface area (TPSA) is 121 Å². The van der Waals surface area contributed by atoms with Crippen molar-refractivity contribution in [3.63, 3.8) is 0 Å². The standard InChI is InChI=1S/C12H12N6OS2/c1-7(14)8(5-13)9(19)6-21-12-17-16-11(18(12)15)10-3-2-4-20-10/h2-4,8,14H,6,15H2,1H3. The second-order valence-corrected chi connectivity index (χ2v) is 6.04. The molecule has 0 saturated heterocycles. The van der Waals surface area contributed by atoms with E-state index in [9.17, 15) is 4.79 Å². The van der Waals surface area contributed by atoms with Gasteiger partial charge in [-0.25, -0.2) is 4.68 Å². The smallest absolute Gasteiger partial charge is 0.210 e. The summed E-state index contributed by atoms with van der Waals surface area (Å²) >= 11 is 2.60. The van der Waals surface area contributed by atoms with Gasteiger partial charge in [0.25, 0.3) is 0 Å². The highest BCUT2D eigenvalue weighted by Gasteiger charge is 2.21. The minimum atomic E-state index is -1.01. The maximum atomic E-state index is 11.9. The Morgan fingerprint density at radius 3 is 3.00 bits per heavy atom. The summed E-state index contributed by atoms with van der Waals surface area (Å²) in [5.74, 6) is 5.11. The number of carbonyl (C=O) groups excluding carboxylic acids is 1. The third-order valence-corrected chi connectivity index (χ3v) is 4.46. The molecule has 0 aliphatic heterocycles. The number of aromatic nitrogens is 3. The zero-order valence-electron chi connectivity index (χ0n) is 11.1. The van der Waals surface area contributed by atoms with Crippen molar-refractivity contribution in [1.29, 1.82) is 10.7 Å². The number of thiophene rings is 1. The number of hydrogen-bond acceptors (Lipinski definition) is 8. The van der Waals surface area contributed by atoms with Crippen molar-refractivity contribution in [3.05, 3.63) is 17.5 Å². The van der Waals surface area contributed by atoms with Gasteiger partial charge in [-0.15, -0.1) is 21.5 Å². The van der Waals surface area contributed by atoms with E-state index in [4.69, 9.17) is 16.5 Å². The molecular weight excluding hydrogens is 308 g/mol. The zero-order valence-corrected chi connectivity index (χ0v) is 12.7. The summed E-state index contributed by atoms with van der Waals surface area (Å²) in [6, 6.07) is 5.58. The summed E-state index contributed by atoms with van der Waals surface area (Å²) in [6.45, 7) is 1.44. The first kappa shape index (κ1) is 15.2. The average molecular weight is 320 g/mol. The van der Waals surface area contributed by atoms with Crippen molar-refractivity contribution in [2.45, 2.75) is 12.1 Å². The van der Waals surface area contributed by atoms with Gasteiger partial charge in [-0.2, -0.15) is 5.26 Å². The monoisotopic (exact) mass is 320 g/mol. The van der Waals surface area contributed by atoms with E-state index in [-0.39, 0.29) is 17.2 Å². The number of Topliss-reactive ketones (excluding diaryl/α,β-unsaturated/α-hetero) is 1. The van der Waals surface area contributed by atoms with Crippen molar-refractivity contribution in [1.82, 2.24) is 14.9 Å². The summed E-state index contributed by atoms with van der Waals surface area (Å²) < 4.78 is 1.32. The van der Waals surface area contributed by atoms with Gasteiger partial charge in [-0.1, -0.05) is 17.8 Å². The molecule has 9 heteroatoms. The predicted octanol–water partition coefficient (Wildman–Crippen LogP) is 1.56. The molecule has 0 aromatic carbocycles. The lowest BCUT2D eigenvalue weighted by Gasteiger charge is -2.05. The van der Waals surface area contributed by atoms with E-state index in [0.29, 0.717) is 11.0 Å². The molecule has 1 unspecified atom stereocenters. The first-order valence-corrected chi connectivity index (χ1v) is 7.75. The summed E-state index contributed by atoms with van der Waals surface area (Å²) in [7, 11) is 0. The Balaban J connectivity index is 2.07. The van der Waals surface area contributed by atoms with Crippen LogP contribution in [-0.2, 0) is 4.79 Å². The van der Waals surface area contributed by atoms with Crippen LogP contribution in [0.1, 0.15) is 6.92 Å². The molecule has 21 heavy (non-hydrogen) atoms. The molecule has 0 aliphatic rings. The molecule has 0 radical (unpaired) electrons. The van der Waals surface area contributed by atoms with Crippen LogP contribution in [0.3, 0.4) is 0 Å². The fourth-order valence-corrected chi connectivity index (χ4v) is 3.05. The molecule has 7 nitrogen and oxygen atoms in total. The molecule has 2 aromatic rings. The van der Waals surface area contributed by atoms with Crippen molar-refractivity contribution >= 4 is 34.6 Å². The van der Waals surface area contributed by atoms with E-state index in [1.807, 2.05) is 23.6 Å². The molecule has 0 fully saturated rings. The molecule has 2 aromatic heterocycles. The van der Waals surface area contributed by atoms with Crippen molar-refractivity contribution in [2.24, 2.45) is 5.92 Å². The van der Waals surface area contributed by atoms with E-state index in [0.717, 1.165) is 16.6 Å². The van der Waals surface area contributed by atoms with Crippen LogP contribution in [0.25, 0.3) is 10.7 Å². The second-order valence-electron chi connectivity index (χ2n) is 4.15. The van der Waals surface area contributed by atoms with Gasteiger partial charge in [0.2, 0.25) is 5.16 Å². The zero-order chi connectivity index (χ0) is 15.4. The van der Waals surface area contributed by atoms with Crippen LogP contribution in [0.5, 0.6) is 0 Å². The largest absolute Gasteiger partial charge is 0.335 e. The van der Waals surface area contributed by atoms with Crippen LogP contribution in [0.2, 0.25) is 0 Å². The molecule has 0 spiro atoms. The minimum absolute atomic E-state index is 0.0220. The highest BCUT2D eigenvalue weighted by molar-refractivity contribution is 7.99. The van der Waals surface area contributed by atoms with Gasteiger partial charge in [0, 0.05) is 5.71 Å². The summed E-state index contributed by atoms with van der Waals surface area (Å²) in [5, 5.41) is 26.5. The van der Waals surface area contributed by atoms with Crippen molar-refractivity contribution in [3.8, 4) is 16.8 Å². The number of nitrogens with two attached hydrogens (primary N) is 1. The summed E-state index contributed by atoms with van der Waals surface area (Å²) in [5.41, 5.74) is 0.0385. The molecule has 0 bridgehead atoms. The molecule has 0 amide bonds. The van der Waals surface area contributed by atoms with Crippen LogP contribution < -0.4 is 5.84 Å². The van der Waals surface area contributed by atoms with Gasteiger partial charge in [-0.3, -0.25) is 4.79 Å². The maximum absolute atomic E-state index is 11.9. The molecule has 2 heterocycles. The molecule has 0 aliphatic carbocycles. The fraction of sp³-hybridized carbons (Fsp3) is 0.250. The number of nitrogens with one attached hydrogen (secondary N) is 1. The predicted molar refractivity (Wildman–Crippen MR) is 81.7 cm³/mol. The van der Waals surface area contributed by atoms with Crippen LogP contribution in [0, 0.1) is 22.7 Å². The Morgan fingerprint density at radius 2 is 2.43 bits per heavy atom. The van der Waals surface area contributed by atoms with E-state index in [1.165, 1.54) is 22.9 Å². The van der Waals surface area contributed by atoms with Crippen molar-refractivity contribution in [2.75, 3.05) is 11.6 Å². The summed E-state index contributed by atoms with van der Waals surface area (Å²) in [6.07, 6.45) is 0. The van der Waals surface area contributed by atoms with Crippen LogP contribution in [0.15, 0.2) is 22.7 Å². The molecule has 1 atom stereocenters. The molecule has 2 rings (SSSR count). The number of rotatable bonds is 6. The number of ketones is 1. The Bertz CT molecular complexity index is 700. The third kappa shape index (κ3) is 3.29. The first-order chi connectivity index (χ1) is 10.0. The highest BCUT2D eigenvalue weighted by Crippen LogP contribution is 2.25. The van der Waals surface area contributed by atoms with Crippen LogP contribution in [-0.4, -0.2) is 32.1 Å².